The minimum absolute atomic E-state index is 0.158. The summed E-state index contributed by atoms with van der Waals surface area (Å²) >= 11 is 0. The van der Waals surface area contributed by atoms with E-state index in [9.17, 15) is 4.79 Å². The molecule has 0 spiro atoms. The molecule has 0 aliphatic heterocycles. The molecule has 0 saturated heterocycles. The number of hydrogen-bond donors (Lipinski definition) is 2. The summed E-state index contributed by atoms with van der Waals surface area (Å²) in [6.45, 7) is 0.293. The van der Waals surface area contributed by atoms with Crippen molar-refractivity contribution in [2.45, 2.75) is 30.9 Å². The van der Waals surface area contributed by atoms with Gasteiger partial charge in [0, 0.05) is 6.04 Å². The maximum atomic E-state index is 10.9. The molecule has 17 heavy (non-hydrogen) atoms. The first kappa shape index (κ1) is 12.1. The minimum atomic E-state index is -0.936. The Kier molecular flexibility index (Phi) is 3.45. The molecule has 1 aromatic carbocycles. The fourth-order valence-electron chi connectivity index (χ4n) is 1.78. The molecule has 3 N–H and O–H groups in total. The lowest BCUT2D eigenvalue weighted by molar-refractivity contribution is -0.153. The standard InChI is InChI=1S/C13H17NO3/c14-11(8-10-4-2-1-3-5-10)9-17-13(6-7-13)12(15)16/h1-5,11H,6-9,14H2,(H,15,16)/t11-/m0/s1. The van der Waals surface area contributed by atoms with E-state index in [4.69, 9.17) is 15.6 Å². The second-order valence-corrected chi connectivity index (χ2v) is 4.56. The van der Waals surface area contributed by atoms with Crippen LogP contribution in [0.3, 0.4) is 0 Å². The fourth-order valence-corrected chi connectivity index (χ4v) is 1.78. The molecule has 0 radical (unpaired) electrons. The van der Waals surface area contributed by atoms with E-state index in [0.29, 0.717) is 25.9 Å². The highest BCUT2D eigenvalue weighted by Gasteiger charge is 2.52. The predicted molar refractivity (Wildman–Crippen MR) is 63.7 cm³/mol. The molecule has 0 amide bonds. The summed E-state index contributed by atoms with van der Waals surface area (Å²) in [5.41, 5.74) is 6.13. The van der Waals surface area contributed by atoms with Gasteiger partial charge in [0.25, 0.3) is 0 Å². The average molecular weight is 235 g/mol. The molecule has 2 rings (SSSR count). The third kappa shape index (κ3) is 3.05. The van der Waals surface area contributed by atoms with Gasteiger partial charge in [-0.1, -0.05) is 30.3 Å². The van der Waals surface area contributed by atoms with E-state index in [-0.39, 0.29) is 6.04 Å². The molecular weight excluding hydrogens is 218 g/mol. The topological polar surface area (TPSA) is 72.5 Å². The molecule has 4 nitrogen and oxygen atoms in total. The average Bonchev–Trinajstić information content (AvgIpc) is 3.09. The van der Waals surface area contributed by atoms with Crippen molar-refractivity contribution < 1.29 is 14.6 Å². The molecule has 92 valence electrons. The molecule has 0 bridgehead atoms. The number of carboxylic acids is 1. The van der Waals surface area contributed by atoms with Gasteiger partial charge in [0.05, 0.1) is 6.61 Å². The quantitative estimate of drug-likeness (QED) is 0.776. The third-order valence-corrected chi connectivity index (χ3v) is 3.01. The Bertz CT molecular complexity index is 387. The maximum Gasteiger partial charge on any atom is 0.335 e. The Morgan fingerprint density at radius 3 is 2.59 bits per heavy atom. The van der Waals surface area contributed by atoms with E-state index in [2.05, 4.69) is 0 Å². The van der Waals surface area contributed by atoms with Crippen molar-refractivity contribution in [3.8, 4) is 0 Å². The van der Waals surface area contributed by atoms with Gasteiger partial charge < -0.3 is 15.6 Å². The van der Waals surface area contributed by atoms with Gasteiger partial charge >= 0.3 is 5.97 Å². The SMILES string of the molecule is N[C@H](COC1(C(=O)O)CC1)Cc1ccccc1. The van der Waals surface area contributed by atoms with Gasteiger partial charge in [0.15, 0.2) is 5.60 Å². The minimum Gasteiger partial charge on any atom is -0.479 e. The first-order valence-electron chi connectivity index (χ1n) is 5.79. The lowest BCUT2D eigenvalue weighted by Crippen LogP contribution is -2.35. The summed E-state index contributed by atoms with van der Waals surface area (Å²) in [6.07, 6.45) is 1.90. The van der Waals surface area contributed by atoms with Gasteiger partial charge in [-0.05, 0) is 24.8 Å². The number of ether oxygens (including phenoxy) is 1. The van der Waals surface area contributed by atoms with Crippen molar-refractivity contribution in [1.82, 2.24) is 0 Å². The fraction of sp³-hybridized carbons (Fsp3) is 0.462. The molecule has 1 aliphatic carbocycles. The van der Waals surface area contributed by atoms with Gasteiger partial charge in [-0.2, -0.15) is 0 Å². The lowest BCUT2D eigenvalue weighted by Gasteiger charge is -2.16. The van der Waals surface area contributed by atoms with Crippen LogP contribution in [0.1, 0.15) is 18.4 Å². The van der Waals surface area contributed by atoms with Crippen LogP contribution >= 0.6 is 0 Å². The van der Waals surface area contributed by atoms with Crippen LogP contribution in [0.5, 0.6) is 0 Å². The molecule has 0 aromatic heterocycles. The Morgan fingerprint density at radius 1 is 1.41 bits per heavy atom. The highest BCUT2D eigenvalue weighted by atomic mass is 16.5. The first-order chi connectivity index (χ1) is 8.12. The summed E-state index contributed by atoms with van der Waals surface area (Å²) in [6, 6.07) is 9.72. The normalized spacial score (nSPS) is 18.6. The van der Waals surface area contributed by atoms with Crippen LogP contribution in [-0.4, -0.2) is 29.3 Å². The van der Waals surface area contributed by atoms with Gasteiger partial charge in [-0.25, -0.2) is 4.79 Å². The second kappa shape index (κ2) is 4.85. The van der Waals surface area contributed by atoms with Gasteiger partial charge in [-0.3, -0.25) is 0 Å². The van der Waals surface area contributed by atoms with E-state index in [0.717, 1.165) is 5.56 Å². The zero-order valence-corrected chi connectivity index (χ0v) is 9.63. The molecule has 1 aromatic rings. The molecule has 1 saturated carbocycles. The van der Waals surface area contributed by atoms with Gasteiger partial charge in [0.2, 0.25) is 0 Å². The van der Waals surface area contributed by atoms with Crippen molar-refractivity contribution in [3.05, 3.63) is 35.9 Å². The number of hydrogen-bond acceptors (Lipinski definition) is 3. The highest BCUT2D eigenvalue weighted by Crippen LogP contribution is 2.39. The predicted octanol–water partition coefficient (Wildman–Crippen LogP) is 1.19. The maximum absolute atomic E-state index is 10.9. The van der Waals surface area contributed by atoms with E-state index in [1.807, 2.05) is 30.3 Å². The molecular formula is C13H17NO3. The number of carboxylic acid groups (broad SMARTS) is 1. The molecule has 1 aliphatic rings. The number of rotatable bonds is 6. The molecule has 4 heteroatoms. The summed E-state index contributed by atoms with van der Waals surface area (Å²) in [4.78, 5) is 10.9. The Balaban J connectivity index is 1.79. The zero-order chi connectivity index (χ0) is 12.3. The van der Waals surface area contributed by atoms with Crippen molar-refractivity contribution in [2.75, 3.05) is 6.61 Å². The largest absolute Gasteiger partial charge is 0.479 e. The van der Waals surface area contributed by atoms with E-state index < -0.39 is 11.6 Å². The second-order valence-electron chi connectivity index (χ2n) is 4.56. The van der Waals surface area contributed by atoms with Crippen LogP contribution in [0, 0.1) is 0 Å². The van der Waals surface area contributed by atoms with Crippen molar-refractivity contribution in [3.63, 3.8) is 0 Å². The smallest absolute Gasteiger partial charge is 0.335 e. The van der Waals surface area contributed by atoms with Crippen molar-refractivity contribution in [2.24, 2.45) is 5.73 Å². The number of benzene rings is 1. The van der Waals surface area contributed by atoms with Crippen molar-refractivity contribution in [1.29, 1.82) is 0 Å². The van der Waals surface area contributed by atoms with Crippen molar-refractivity contribution >= 4 is 5.97 Å². The van der Waals surface area contributed by atoms with Gasteiger partial charge in [-0.15, -0.1) is 0 Å². The number of carbonyl (C=O) groups is 1. The molecule has 0 heterocycles. The third-order valence-electron chi connectivity index (χ3n) is 3.01. The van der Waals surface area contributed by atoms with Crippen LogP contribution in [0.4, 0.5) is 0 Å². The summed E-state index contributed by atoms with van der Waals surface area (Å²) in [5, 5.41) is 8.94. The summed E-state index contributed by atoms with van der Waals surface area (Å²) < 4.78 is 5.41. The molecule has 1 fully saturated rings. The van der Waals surface area contributed by atoms with Crippen LogP contribution in [0.2, 0.25) is 0 Å². The monoisotopic (exact) mass is 235 g/mol. The Labute approximate surface area is 100 Å². The van der Waals surface area contributed by atoms with Crippen LogP contribution in [-0.2, 0) is 16.0 Å². The number of aliphatic carboxylic acids is 1. The van der Waals surface area contributed by atoms with Crippen LogP contribution in [0.15, 0.2) is 30.3 Å². The number of nitrogens with two attached hydrogens (primary N) is 1. The first-order valence-corrected chi connectivity index (χ1v) is 5.79. The van der Waals surface area contributed by atoms with Crippen LogP contribution < -0.4 is 5.73 Å². The van der Waals surface area contributed by atoms with Gasteiger partial charge in [0.1, 0.15) is 0 Å². The Morgan fingerprint density at radius 2 is 2.06 bits per heavy atom. The highest BCUT2D eigenvalue weighted by molar-refractivity contribution is 5.80. The zero-order valence-electron chi connectivity index (χ0n) is 9.63. The van der Waals surface area contributed by atoms with E-state index in [1.165, 1.54) is 0 Å². The lowest BCUT2D eigenvalue weighted by atomic mass is 10.1. The molecule has 1 atom stereocenters. The van der Waals surface area contributed by atoms with E-state index >= 15 is 0 Å². The summed E-state index contributed by atoms with van der Waals surface area (Å²) in [5.74, 6) is -0.871. The van der Waals surface area contributed by atoms with Crippen LogP contribution in [0.25, 0.3) is 0 Å². The summed E-state index contributed by atoms with van der Waals surface area (Å²) in [7, 11) is 0. The Hall–Kier alpha value is -1.39. The van der Waals surface area contributed by atoms with E-state index in [1.54, 1.807) is 0 Å². The molecule has 0 unspecified atom stereocenters.